The molecule has 5 heteroatoms. The summed E-state index contributed by atoms with van der Waals surface area (Å²) in [4.78, 5) is 26.9. The summed E-state index contributed by atoms with van der Waals surface area (Å²) in [6.45, 7) is 3.82. The Morgan fingerprint density at radius 2 is 1.59 bits per heavy atom. The van der Waals surface area contributed by atoms with E-state index in [1.165, 1.54) is 0 Å². The molecule has 5 nitrogen and oxygen atoms in total. The van der Waals surface area contributed by atoms with Crippen molar-refractivity contribution in [3.63, 3.8) is 0 Å². The van der Waals surface area contributed by atoms with Gasteiger partial charge in [-0.2, -0.15) is 0 Å². The van der Waals surface area contributed by atoms with Gasteiger partial charge in [0.15, 0.2) is 6.61 Å². The molecule has 2 aromatic rings. The van der Waals surface area contributed by atoms with Gasteiger partial charge in [0, 0.05) is 12.1 Å². The van der Waals surface area contributed by atoms with Crippen LogP contribution in [0.15, 0.2) is 54.6 Å². The zero-order valence-corrected chi connectivity index (χ0v) is 15.8. The molecule has 27 heavy (non-hydrogen) atoms. The van der Waals surface area contributed by atoms with E-state index in [-0.39, 0.29) is 24.6 Å². The van der Waals surface area contributed by atoms with Gasteiger partial charge >= 0.3 is 5.97 Å². The number of likely N-dealkylation sites (tertiary alicyclic amines) is 1. The lowest BCUT2D eigenvalue weighted by molar-refractivity contribution is -0.140. The first-order chi connectivity index (χ1) is 13.1. The summed E-state index contributed by atoms with van der Waals surface area (Å²) in [6, 6.07) is 16.4. The van der Waals surface area contributed by atoms with Crippen molar-refractivity contribution >= 4 is 11.9 Å². The maximum Gasteiger partial charge on any atom is 0.342 e. The van der Waals surface area contributed by atoms with Crippen molar-refractivity contribution in [3.05, 3.63) is 60.2 Å². The third-order valence-corrected chi connectivity index (χ3v) is 4.89. The van der Waals surface area contributed by atoms with Gasteiger partial charge in [0.05, 0.1) is 0 Å². The number of esters is 1. The topological polar surface area (TPSA) is 55.8 Å². The summed E-state index contributed by atoms with van der Waals surface area (Å²) < 4.78 is 11.1. The van der Waals surface area contributed by atoms with Gasteiger partial charge in [0.2, 0.25) is 0 Å². The number of hydrogen-bond acceptors (Lipinski definition) is 4. The van der Waals surface area contributed by atoms with Crippen LogP contribution in [0.2, 0.25) is 0 Å². The van der Waals surface area contributed by atoms with Crippen LogP contribution >= 0.6 is 0 Å². The molecule has 0 unspecified atom stereocenters. The van der Waals surface area contributed by atoms with Gasteiger partial charge in [-0.05, 0) is 57.4 Å². The molecular weight excluding hydrogens is 342 g/mol. The molecule has 0 spiro atoms. The third kappa shape index (κ3) is 4.67. The van der Waals surface area contributed by atoms with Crippen LogP contribution in [0.4, 0.5) is 0 Å². The van der Waals surface area contributed by atoms with E-state index < -0.39 is 5.97 Å². The molecule has 1 fully saturated rings. The van der Waals surface area contributed by atoms with Crippen molar-refractivity contribution in [2.45, 2.75) is 45.2 Å². The number of piperidine rings is 1. The van der Waals surface area contributed by atoms with Gasteiger partial charge in [-0.3, -0.25) is 4.79 Å². The van der Waals surface area contributed by atoms with E-state index in [4.69, 9.17) is 9.47 Å². The molecule has 1 amide bonds. The minimum atomic E-state index is -0.563. The second-order valence-corrected chi connectivity index (χ2v) is 6.92. The van der Waals surface area contributed by atoms with Crippen molar-refractivity contribution in [2.24, 2.45) is 0 Å². The first-order valence-corrected chi connectivity index (χ1v) is 9.36. The van der Waals surface area contributed by atoms with Gasteiger partial charge in [-0.1, -0.05) is 30.3 Å². The molecule has 0 aromatic heterocycles. The van der Waals surface area contributed by atoms with E-state index >= 15 is 0 Å². The Morgan fingerprint density at radius 3 is 2.30 bits per heavy atom. The van der Waals surface area contributed by atoms with Crippen LogP contribution in [0.5, 0.6) is 11.5 Å². The molecular formula is C22H25NO4. The van der Waals surface area contributed by atoms with E-state index in [1.54, 1.807) is 24.3 Å². The minimum Gasteiger partial charge on any atom is -0.456 e. The quantitative estimate of drug-likeness (QED) is 0.734. The summed E-state index contributed by atoms with van der Waals surface area (Å²) in [5.41, 5.74) is 0.300. The second kappa shape index (κ2) is 8.71. The van der Waals surface area contributed by atoms with E-state index in [1.807, 2.05) is 49.1 Å². The third-order valence-electron chi connectivity index (χ3n) is 4.89. The van der Waals surface area contributed by atoms with E-state index in [0.717, 1.165) is 19.3 Å². The minimum absolute atomic E-state index is 0.149. The zero-order chi connectivity index (χ0) is 19.2. The Kier molecular flexibility index (Phi) is 6.12. The number of amides is 1. The first kappa shape index (κ1) is 19.0. The number of benzene rings is 2. The number of hydrogen-bond donors (Lipinski definition) is 0. The summed E-state index contributed by atoms with van der Waals surface area (Å²) in [5.74, 6) is 0.322. The van der Waals surface area contributed by atoms with Gasteiger partial charge in [-0.25, -0.2) is 4.79 Å². The Morgan fingerprint density at radius 1 is 0.963 bits per heavy atom. The van der Waals surface area contributed by atoms with Crippen molar-refractivity contribution in [2.75, 3.05) is 6.61 Å². The van der Waals surface area contributed by atoms with Gasteiger partial charge in [0.25, 0.3) is 5.91 Å². The highest BCUT2D eigenvalue weighted by atomic mass is 16.5. The average molecular weight is 367 g/mol. The highest BCUT2D eigenvalue weighted by molar-refractivity contribution is 5.94. The lowest BCUT2D eigenvalue weighted by Crippen LogP contribution is -2.49. The summed E-state index contributed by atoms with van der Waals surface area (Å²) in [6.07, 6.45) is 3.09. The molecule has 2 atom stereocenters. The molecule has 0 N–H and O–H groups in total. The molecule has 0 radical (unpaired) electrons. The van der Waals surface area contributed by atoms with Gasteiger partial charge in [0.1, 0.15) is 17.1 Å². The Hall–Kier alpha value is -2.82. The normalized spacial score (nSPS) is 19.4. The van der Waals surface area contributed by atoms with Crippen LogP contribution < -0.4 is 4.74 Å². The van der Waals surface area contributed by atoms with Crippen LogP contribution in [0.3, 0.4) is 0 Å². The molecule has 2 aromatic carbocycles. The first-order valence-electron chi connectivity index (χ1n) is 9.36. The maximum absolute atomic E-state index is 12.5. The van der Waals surface area contributed by atoms with Gasteiger partial charge < -0.3 is 14.4 Å². The number of carbonyl (C=O) groups is 2. The molecule has 1 heterocycles. The van der Waals surface area contributed by atoms with Crippen molar-refractivity contribution in [3.8, 4) is 11.5 Å². The SMILES string of the molecule is C[C@@H]1CCC[C@H](C)N1C(=O)COC(=O)c1ccccc1Oc1ccccc1. The predicted octanol–water partition coefficient (Wildman–Crippen LogP) is 4.43. The van der Waals surface area contributed by atoms with E-state index in [2.05, 4.69) is 0 Å². The van der Waals surface area contributed by atoms with E-state index in [0.29, 0.717) is 17.1 Å². The van der Waals surface area contributed by atoms with Crippen molar-refractivity contribution < 1.29 is 19.1 Å². The molecule has 1 saturated heterocycles. The number of para-hydroxylation sites is 2. The Labute approximate surface area is 159 Å². The molecule has 1 aliphatic heterocycles. The molecule has 3 rings (SSSR count). The molecule has 0 aliphatic carbocycles. The van der Waals surface area contributed by atoms with Crippen molar-refractivity contribution in [1.29, 1.82) is 0 Å². The highest BCUT2D eigenvalue weighted by Crippen LogP contribution is 2.26. The molecule has 0 saturated carbocycles. The standard InChI is InChI=1S/C22H25NO4/c1-16-9-8-10-17(2)23(16)21(24)15-26-22(25)19-13-6-7-14-20(19)27-18-11-4-3-5-12-18/h3-7,11-14,16-17H,8-10,15H2,1-2H3/t16-,17+. The smallest absolute Gasteiger partial charge is 0.342 e. The summed E-state index contributed by atoms with van der Waals surface area (Å²) in [5, 5.41) is 0. The Balaban J connectivity index is 1.65. The average Bonchev–Trinajstić information content (AvgIpc) is 2.67. The molecule has 0 bridgehead atoms. The van der Waals surface area contributed by atoms with Crippen LogP contribution in [0.1, 0.15) is 43.5 Å². The van der Waals surface area contributed by atoms with Crippen LogP contribution in [0, 0.1) is 0 Å². The molecule has 142 valence electrons. The fraction of sp³-hybridized carbons (Fsp3) is 0.364. The Bertz CT molecular complexity index is 780. The summed E-state index contributed by atoms with van der Waals surface area (Å²) >= 11 is 0. The zero-order valence-electron chi connectivity index (χ0n) is 15.8. The fourth-order valence-corrected chi connectivity index (χ4v) is 3.53. The lowest BCUT2D eigenvalue weighted by Gasteiger charge is -2.38. The number of nitrogens with zero attached hydrogens (tertiary/aromatic N) is 1. The fourth-order valence-electron chi connectivity index (χ4n) is 3.53. The van der Waals surface area contributed by atoms with E-state index in [9.17, 15) is 9.59 Å². The van der Waals surface area contributed by atoms with Crippen LogP contribution in [-0.4, -0.2) is 35.5 Å². The van der Waals surface area contributed by atoms with Crippen molar-refractivity contribution in [1.82, 2.24) is 4.90 Å². The van der Waals surface area contributed by atoms with Crippen LogP contribution in [-0.2, 0) is 9.53 Å². The molecule has 1 aliphatic rings. The number of ether oxygens (including phenoxy) is 2. The maximum atomic E-state index is 12.5. The lowest BCUT2D eigenvalue weighted by atomic mass is 9.97. The van der Waals surface area contributed by atoms with Gasteiger partial charge in [-0.15, -0.1) is 0 Å². The largest absolute Gasteiger partial charge is 0.456 e. The number of carbonyl (C=O) groups excluding carboxylic acids is 2. The highest BCUT2D eigenvalue weighted by Gasteiger charge is 2.29. The monoisotopic (exact) mass is 367 g/mol. The predicted molar refractivity (Wildman–Crippen MR) is 103 cm³/mol. The second-order valence-electron chi connectivity index (χ2n) is 6.92. The summed E-state index contributed by atoms with van der Waals surface area (Å²) in [7, 11) is 0. The number of rotatable bonds is 5. The van der Waals surface area contributed by atoms with Crippen LogP contribution in [0.25, 0.3) is 0 Å².